The fourth-order valence-corrected chi connectivity index (χ4v) is 2.57. The first-order chi connectivity index (χ1) is 12.1. The number of aromatic nitrogens is 5. The molecule has 0 spiro atoms. The van der Waals surface area contributed by atoms with Crippen LogP contribution in [-0.4, -0.2) is 42.8 Å². The van der Waals surface area contributed by atoms with E-state index in [9.17, 15) is 4.79 Å². The molecule has 8 heteroatoms. The van der Waals surface area contributed by atoms with Gasteiger partial charge in [0, 0.05) is 18.3 Å². The first kappa shape index (κ1) is 17.0. The summed E-state index contributed by atoms with van der Waals surface area (Å²) in [6.07, 6.45) is 4.73. The lowest BCUT2D eigenvalue weighted by Gasteiger charge is -2.23. The van der Waals surface area contributed by atoms with Crippen LogP contribution < -0.4 is 0 Å². The van der Waals surface area contributed by atoms with Crippen LogP contribution in [0.25, 0.3) is 0 Å². The minimum Gasteiger partial charge on any atom is -0.332 e. The van der Waals surface area contributed by atoms with Gasteiger partial charge in [-0.3, -0.25) is 4.79 Å². The van der Waals surface area contributed by atoms with Crippen LogP contribution >= 0.6 is 11.6 Å². The molecule has 7 nitrogen and oxygen atoms in total. The molecule has 3 rings (SSSR count). The van der Waals surface area contributed by atoms with Crippen molar-refractivity contribution in [1.82, 2.24) is 29.9 Å². The van der Waals surface area contributed by atoms with E-state index in [0.29, 0.717) is 11.6 Å². The summed E-state index contributed by atoms with van der Waals surface area (Å²) in [5.74, 6) is -0.225. The molecule has 0 radical (unpaired) electrons. The SMILES string of the molecule is C[C@@H](c1ccncn1)N(C)C(=O)c1cn(Cc2ccccc2Cl)nn1. The fourth-order valence-electron chi connectivity index (χ4n) is 2.38. The maximum Gasteiger partial charge on any atom is 0.276 e. The zero-order chi connectivity index (χ0) is 17.8. The Balaban J connectivity index is 1.73. The number of benzene rings is 1. The third kappa shape index (κ3) is 3.83. The average Bonchev–Trinajstić information content (AvgIpc) is 3.11. The molecule has 0 N–H and O–H groups in total. The molecule has 2 aromatic heterocycles. The zero-order valence-corrected chi connectivity index (χ0v) is 14.6. The Morgan fingerprint density at radius 2 is 2.12 bits per heavy atom. The van der Waals surface area contributed by atoms with Crippen molar-refractivity contribution in [3.05, 3.63) is 71.0 Å². The summed E-state index contributed by atoms with van der Waals surface area (Å²) in [5, 5.41) is 8.66. The molecule has 0 aliphatic rings. The van der Waals surface area contributed by atoms with Crippen molar-refractivity contribution in [2.45, 2.75) is 19.5 Å². The lowest BCUT2D eigenvalue weighted by Crippen LogP contribution is -2.30. The second-order valence-corrected chi connectivity index (χ2v) is 6.03. The van der Waals surface area contributed by atoms with Gasteiger partial charge in [0.1, 0.15) is 6.33 Å². The van der Waals surface area contributed by atoms with Crippen molar-refractivity contribution in [3.8, 4) is 0 Å². The second kappa shape index (κ2) is 7.40. The van der Waals surface area contributed by atoms with Crippen LogP contribution in [0.1, 0.15) is 34.7 Å². The minimum absolute atomic E-state index is 0.204. The molecule has 2 heterocycles. The monoisotopic (exact) mass is 356 g/mol. The van der Waals surface area contributed by atoms with Crippen LogP contribution in [0.3, 0.4) is 0 Å². The van der Waals surface area contributed by atoms with E-state index in [4.69, 9.17) is 11.6 Å². The molecular weight excluding hydrogens is 340 g/mol. The number of hydrogen-bond acceptors (Lipinski definition) is 5. The molecule has 128 valence electrons. The highest BCUT2D eigenvalue weighted by atomic mass is 35.5. The van der Waals surface area contributed by atoms with Crippen LogP contribution in [0, 0.1) is 0 Å². The van der Waals surface area contributed by atoms with Crippen LogP contribution in [0.15, 0.2) is 49.1 Å². The molecule has 1 aromatic carbocycles. The van der Waals surface area contributed by atoms with Crippen molar-refractivity contribution in [2.75, 3.05) is 7.05 Å². The number of rotatable bonds is 5. The Bertz CT molecular complexity index is 866. The number of carbonyl (C=O) groups excluding carboxylic acids is 1. The highest BCUT2D eigenvalue weighted by molar-refractivity contribution is 6.31. The smallest absolute Gasteiger partial charge is 0.276 e. The highest BCUT2D eigenvalue weighted by Gasteiger charge is 2.22. The quantitative estimate of drug-likeness (QED) is 0.702. The maximum atomic E-state index is 12.6. The number of nitrogens with zero attached hydrogens (tertiary/aromatic N) is 6. The summed E-state index contributed by atoms with van der Waals surface area (Å²) >= 11 is 6.15. The summed E-state index contributed by atoms with van der Waals surface area (Å²) in [4.78, 5) is 22.3. The van der Waals surface area contributed by atoms with E-state index in [2.05, 4.69) is 20.3 Å². The van der Waals surface area contributed by atoms with E-state index < -0.39 is 0 Å². The summed E-state index contributed by atoms with van der Waals surface area (Å²) < 4.78 is 1.59. The summed E-state index contributed by atoms with van der Waals surface area (Å²) in [6.45, 7) is 2.35. The van der Waals surface area contributed by atoms with Gasteiger partial charge in [-0.05, 0) is 24.6 Å². The Hall–Kier alpha value is -2.80. The lowest BCUT2D eigenvalue weighted by molar-refractivity contribution is 0.0733. The molecular formula is C17H17ClN6O. The van der Waals surface area contributed by atoms with E-state index in [1.54, 1.807) is 35.1 Å². The standard InChI is InChI=1S/C17H17ClN6O/c1-12(15-7-8-19-11-20-15)23(2)17(25)16-10-24(22-21-16)9-13-5-3-4-6-14(13)18/h3-8,10-12H,9H2,1-2H3/t12-/m0/s1. The van der Waals surface area contributed by atoms with E-state index in [1.807, 2.05) is 31.2 Å². The van der Waals surface area contributed by atoms with E-state index in [0.717, 1.165) is 11.3 Å². The van der Waals surface area contributed by atoms with Crippen molar-refractivity contribution in [1.29, 1.82) is 0 Å². The fraction of sp³-hybridized carbons (Fsp3) is 0.235. The Morgan fingerprint density at radius 1 is 1.32 bits per heavy atom. The topological polar surface area (TPSA) is 76.8 Å². The van der Waals surface area contributed by atoms with Gasteiger partial charge in [0.2, 0.25) is 0 Å². The van der Waals surface area contributed by atoms with E-state index in [-0.39, 0.29) is 17.6 Å². The third-order valence-electron chi connectivity index (χ3n) is 3.98. The highest BCUT2D eigenvalue weighted by Crippen LogP contribution is 2.18. The minimum atomic E-state index is -0.225. The number of halogens is 1. The van der Waals surface area contributed by atoms with Crippen LogP contribution in [0.5, 0.6) is 0 Å². The Morgan fingerprint density at radius 3 is 2.84 bits per heavy atom. The second-order valence-electron chi connectivity index (χ2n) is 5.62. The number of amides is 1. The van der Waals surface area contributed by atoms with Crippen molar-refractivity contribution >= 4 is 17.5 Å². The van der Waals surface area contributed by atoms with Gasteiger partial charge in [-0.15, -0.1) is 5.10 Å². The van der Waals surface area contributed by atoms with Gasteiger partial charge in [-0.25, -0.2) is 14.6 Å². The molecule has 0 fully saturated rings. The van der Waals surface area contributed by atoms with Gasteiger partial charge in [-0.1, -0.05) is 35.0 Å². The molecule has 0 unspecified atom stereocenters. The molecule has 0 saturated carbocycles. The van der Waals surface area contributed by atoms with E-state index in [1.165, 1.54) is 6.33 Å². The molecule has 0 aliphatic heterocycles. The number of hydrogen-bond donors (Lipinski definition) is 0. The summed E-state index contributed by atoms with van der Waals surface area (Å²) in [7, 11) is 1.71. The largest absolute Gasteiger partial charge is 0.332 e. The average molecular weight is 357 g/mol. The van der Waals surface area contributed by atoms with Crippen LogP contribution in [0.4, 0.5) is 0 Å². The lowest BCUT2D eigenvalue weighted by atomic mass is 10.2. The van der Waals surface area contributed by atoms with Gasteiger partial charge in [-0.2, -0.15) is 0 Å². The first-order valence-electron chi connectivity index (χ1n) is 7.73. The van der Waals surface area contributed by atoms with Crippen molar-refractivity contribution < 1.29 is 4.79 Å². The van der Waals surface area contributed by atoms with Crippen LogP contribution in [0.2, 0.25) is 5.02 Å². The normalized spacial score (nSPS) is 12.0. The predicted molar refractivity (Wildman–Crippen MR) is 93.1 cm³/mol. The molecule has 3 aromatic rings. The van der Waals surface area contributed by atoms with Crippen molar-refractivity contribution in [3.63, 3.8) is 0 Å². The van der Waals surface area contributed by atoms with E-state index >= 15 is 0 Å². The third-order valence-corrected chi connectivity index (χ3v) is 4.35. The molecule has 0 aliphatic carbocycles. The molecule has 0 bridgehead atoms. The van der Waals surface area contributed by atoms with Gasteiger partial charge in [0.15, 0.2) is 5.69 Å². The Labute approximate surface area is 150 Å². The molecule has 25 heavy (non-hydrogen) atoms. The van der Waals surface area contributed by atoms with Gasteiger partial charge >= 0.3 is 0 Å². The molecule has 1 amide bonds. The first-order valence-corrected chi connectivity index (χ1v) is 8.10. The zero-order valence-electron chi connectivity index (χ0n) is 13.9. The summed E-state index contributed by atoms with van der Waals surface area (Å²) in [5.41, 5.74) is 1.94. The predicted octanol–water partition coefficient (Wildman–Crippen LogP) is 2.60. The van der Waals surface area contributed by atoms with Gasteiger partial charge in [0.25, 0.3) is 5.91 Å². The molecule has 1 atom stereocenters. The molecule has 0 saturated heterocycles. The van der Waals surface area contributed by atoms with Gasteiger partial charge < -0.3 is 4.90 Å². The summed E-state index contributed by atoms with van der Waals surface area (Å²) in [6, 6.07) is 9.07. The van der Waals surface area contributed by atoms with Gasteiger partial charge in [0.05, 0.1) is 24.5 Å². The maximum absolute atomic E-state index is 12.6. The number of carbonyl (C=O) groups is 1. The Kier molecular flexibility index (Phi) is 5.04. The van der Waals surface area contributed by atoms with Crippen molar-refractivity contribution in [2.24, 2.45) is 0 Å². The van der Waals surface area contributed by atoms with Crippen LogP contribution in [-0.2, 0) is 6.54 Å².